The molecular formula is C15H22O5. The molecule has 0 saturated carbocycles. The Labute approximate surface area is 119 Å². The number of aliphatic carboxylic acids is 1. The van der Waals surface area contributed by atoms with Crippen molar-refractivity contribution >= 4 is 5.97 Å². The topological polar surface area (TPSA) is 76.0 Å². The van der Waals surface area contributed by atoms with E-state index in [1.165, 1.54) is 14.2 Å². The van der Waals surface area contributed by atoms with Crippen molar-refractivity contribution in [1.82, 2.24) is 0 Å². The summed E-state index contributed by atoms with van der Waals surface area (Å²) in [5, 5.41) is 19.5. The van der Waals surface area contributed by atoms with Gasteiger partial charge in [0.15, 0.2) is 11.5 Å². The summed E-state index contributed by atoms with van der Waals surface area (Å²) in [4.78, 5) is 11.4. The third-order valence-corrected chi connectivity index (χ3v) is 3.27. The number of carbonyl (C=O) groups is 1. The van der Waals surface area contributed by atoms with E-state index in [2.05, 4.69) is 0 Å². The zero-order chi connectivity index (χ0) is 15.1. The standard InChI is InChI=1S/C15H22O5/c1-4-5-6-11(16)14(15(17)18)10-7-8-12(19-2)13(9-10)20-3/h7-9,11,14,16H,4-6H2,1-3H3,(H,17,18). The molecule has 0 bridgehead atoms. The Morgan fingerprint density at radius 1 is 1.25 bits per heavy atom. The van der Waals surface area contributed by atoms with Crippen LogP contribution < -0.4 is 9.47 Å². The molecule has 0 fully saturated rings. The van der Waals surface area contributed by atoms with Gasteiger partial charge in [-0.3, -0.25) is 4.79 Å². The molecule has 0 amide bonds. The molecule has 1 aromatic rings. The van der Waals surface area contributed by atoms with Gasteiger partial charge in [0.1, 0.15) is 5.92 Å². The van der Waals surface area contributed by atoms with Crippen LogP contribution in [-0.4, -0.2) is 36.5 Å². The summed E-state index contributed by atoms with van der Waals surface area (Å²) in [6, 6.07) is 4.90. The number of carboxylic acid groups (broad SMARTS) is 1. The molecule has 5 nitrogen and oxygen atoms in total. The molecule has 0 saturated heterocycles. The lowest BCUT2D eigenvalue weighted by Gasteiger charge is -2.20. The van der Waals surface area contributed by atoms with Crippen LogP contribution >= 0.6 is 0 Å². The Morgan fingerprint density at radius 2 is 1.90 bits per heavy atom. The van der Waals surface area contributed by atoms with E-state index in [0.717, 1.165) is 12.8 Å². The van der Waals surface area contributed by atoms with Gasteiger partial charge < -0.3 is 19.7 Å². The van der Waals surface area contributed by atoms with Gasteiger partial charge in [-0.25, -0.2) is 0 Å². The molecule has 2 atom stereocenters. The van der Waals surface area contributed by atoms with Gasteiger partial charge in [0.2, 0.25) is 0 Å². The van der Waals surface area contributed by atoms with Crippen LogP contribution in [0.5, 0.6) is 11.5 Å². The Hall–Kier alpha value is -1.75. The van der Waals surface area contributed by atoms with E-state index < -0.39 is 18.0 Å². The summed E-state index contributed by atoms with van der Waals surface area (Å²) in [6.45, 7) is 2.00. The second kappa shape index (κ2) is 7.75. The Morgan fingerprint density at radius 3 is 2.40 bits per heavy atom. The fraction of sp³-hybridized carbons (Fsp3) is 0.533. The molecule has 0 aliphatic rings. The Balaban J connectivity index is 3.05. The highest BCUT2D eigenvalue weighted by Gasteiger charge is 2.28. The van der Waals surface area contributed by atoms with Gasteiger partial charge in [-0.05, 0) is 24.1 Å². The second-order valence-electron chi connectivity index (χ2n) is 4.64. The molecule has 20 heavy (non-hydrogen) atoms. The smallest absolute Gasteiger partial charge is 0.313 e. The SMILES string of the molecule is CCCCC(O)C(C(=O)O)c1ccc(OC)c(OC)c1. The Kier molecular flexibility index (Phi) is 6.31. The van der Waals surface area contributed by atoms with Gasteiger partial charge in [0.25, 0.3) is 0 Å². The van der Waals surface area contributed by atoms with Crippen molar-refractivity contribution in [1.29, 1.82) is 0 Å². The predicted molar refractivity (Wildman–Crippen MR) is 75.5 cm³/mol. The van der Waals surface area contributed by atoms with Gasteiger partial charge in [-0.1, -0.05) is 25.8 Å². The first-order valence-corrected chi connectivity index (χ1v) is 6.67. The maximum absolute atomic E-state index is 11.4. The average Bonchev–Trinajstić information content (AvgIpc) is 2.44. The van der Waals surface area contributed by atoms with Crippen LogP contribution in [0.1, 0.15) is 37.7 Å². The minimum atomic E-state index is -1.04. The maximum atomic E-state index is 11.4. The number of hydrogen-bond donors (Lipinski definition) is 2. The summed E-state index contributed by atoms with van der Waals surface area (Å²) in [7, 11) is 3.01. The maximum Gasteiger partial charge on any atom is 0.313 e. The van der Waals surface area contributed by atoms with Crippen LogP contribution in [0.15, 0.2) is 18.2 Å². The minimum Gasteiger partial charge on any atom is -0.493 e. The van der Waals surface area contributed by atoms with Crippen LogP contribution in [-0.2, 0) is 4.79 Å². The van der Waals surface area contributed by atoms with E-state index in [1.54, 1.807) is 18.2 Å². The fourth-order valence-corrected chi connectivity index (χ4v) is 2.16. The van der Waals surface area contributed by atoms with Gasteiger partial charge in [-0.15, -0.1) is 0 Å². The number of unbranched alkanes of at least 4 members (excludes halogenated alkanes) is 1. The lowest BCUT2D eigenvalue weighted by atomic mass is 9.90. The number of benzene rings is 1. The van der Waals surface area contributed by atoms with Crippen molar-refractivity contribution in [3.63, 3.8) is 0 Å². The molecule has 0 aliphatic heterocycles. The normalized spacial score (nSPS) is 13.6. The average molecular weight is 282 g/mol. The molecule has 0 radical (unpaired) electrons. The molecule has 2 N–H and O–H groups in total. The highest BCUT2D eigenvalue weighted by molar-refractivity contribution is 5.77. The van der Waals surface area contributed by atoms with Crippen molar-refractivity contribution in [2.45, 2.75) is 38.2 Å². The third-order valence-electron chi connectivity index (χ3n) is 3.27. The Bertz CT molecular complexity index is 444. The van der Waals surface area contributed by atoms with E-state index in [1.807, 2.05) is 6.92 Å². The number of methoxy groups -OCH3 is 2. The molecule has 1 rings (SSSR count). The largest absolute Gasteiger partial charge is 0.493 e. The molecule has 0 aliphatic carbocycles. The van der Waals surface area contributed by atoms with Gasteiger partial charge >= 0.3 is 5.97 Å². The third kappa shape index (κ3) is 3.87. The molecule has 0 spiro atoms. The van der Waals surface area contributed by atoms with Crippen molar-refractivity contribution in [2.75, 3.05) is 14.2 Å². The van der Waals surface area contributed by atoms with Gasteiger partial charge in [0, 0.05) is 0 Å². The van der Waals surface area contributed by atoms with Crippen LogP contribution in [0, 0.1) is 0 Å². The highest BCUT2D eigenvalue weighted by atomic mass is 16.5. The first-order chi connectivity index (χ1) is 9.54. The first kappa shape index (κ1) is 16.3. The lowest BCUT2D eigenvalue weighted by Crippen LogP contribution is -2.26. The highest BCUT2D eigenvalue weighted by Crippen LogP contribution is 2.32. The monoisotopic (exact) mass is 282 g/mol. The minimum absolute atomic E-state index is 0.457. The predicted octanol–water partition coefficient (Wildman–Crippen LogP) is 2.42. The summed E-state index contributed by atoms with van der Waals surface area (Å²) in [5.41, 5.74) is 0.513. The summed E-state index contributed by atoms with van der Waals surface area (Å²) < 4.78 is 10.3. The second-order valence-corrected chi connectivity index (χ2v) is 4.64. The van der Waals surface area contributed by atoms with Gasteiger partial charge in [-0.2, -0.15) is 0 Å². The quantitative estimate of drug-likeness (QED) is 0.766. The van der Waals surface area contributed by atoms with E-state index in [-0.39, 0.29) is 0 Å². The van der Waals surface area contributed by atoms with Crippen molar-refractivity contribution in [3.8, 4) is 11.5 Å². The number of ether oxygens (including phenoxy) is 2. The fourth-order valence-electron chi connectivity index (χ4n) is 2.16. The van der Waals surface area contributed by atoms with Gasteiger partial charge in [0.05, 0.1) is 20.3 Å². The summed E-state index contributed by atoms with van der Waals surface area (Å²) in [6.07, 6.45) is 1.25. The lowest BCUT2D eigenvalue weighted by molar-refractivity contribution is -0.141. The first-order valence-electron chi connectivity index (χ1n) is 6.67. The molecule has 1 aromatic carbocycles. The van der Waals surface area contributed by atoms with Crippen LogP contribution in [0.25, 0.3) is 0 Å². The van der Waals surface area contributed by atoms with Crippen molar-refractivity contribution in [2.24, 2.45) is 0 Å². The van der Waals surface area contributed by atoms with E-state index >= 15 is 0 Å². The number of hydrogen-bond acceptors (Lipinski definition) is 4. The van der Waals surface area contributed by atoms with Crippen molar-refractivity contribution in [3.05, 3.63) is 23.8 Å². The molecular weight excluding hydrogens is 260 g/mol. The van der Waals surface area contributed by atoms with Crippen LogP contribution in [0.3, 0.4) is 0 Å². The van der Waals surface area contributed by atoms with Crippen LogP contribution in [0.2, 0.25) is 0 Å². The molecule has 2 unspecified atom stereocenters. The zero-order valence-corrected chi connectivity index (χ0v) is 12.1. The van der Waals surface area contributed by atoms with E-state index in [0.29, 0.717) is 23.5 Å². The number of aliphatic hydroxyl groups excluding tert-OH is 1. The summed E-state index contributed by atoms with van der Waals surface area (Å²) >= 11 is 0. The molecule has 112 valence electrons. The molecule has 0 aromatic heterocycles. The summed E-state index contributed by atoms with van der Waals surface area (Å²) in [5.74, 6) is -1.01. The molecule has 5 heteroatoms. The van der Waals surface area contributed by atoms with Crippen LogP contribution in [0.4, 0.5) is 0 Å². The number of carboxylic acids is 1. The zero-order valence-electron chi connectivity index (χ0n) is 12.1. The van der Waals surface area contributed by atoms with E-state index in [9.17, 15) is 15.0 Å². The van der Waals surface area contributed by atoms with E-state index in [4.69, 9.17) is 9.47 Å². The number of aliphatic hydroxyl groups is 1. The molecule has 0 heterocycles. The van der Waals surface area contributed by atoms with Crippen molar-refractivity contribution < 1.29 is 24.5 Å². The number of rotatable bonds is 8.